The molecule has 2 aliphatic rings. The Kier molecular flexibility index (Phi) is 4.38. The maximum atomic E-state index is 2.46. The van der Waals surface area contributed by atoms with Gasteiger partial charge in [0.1, 0.15) is 0 Å². The molecule has 0 heteroatoms. The van der Waals surface area contributed by atoms with Crippen molar-refractivity contribution in [2.45, 2.75) is 11.8 Å². The second-order valence-electron chi connectivity index (χ2n) is 11.9. The Labute approximate surface area is 243 Å². The first kappa shape index (κ1) is 22.5. The summed E-state index contributed by atoms with van der Waals surface area (Å²) in [5.74, 6) is 0.481. The molecular formula is C42H26. The van der Waals surface area contributed by atoms with Crippen LogP contribution in [-0.4, -0.2) is 0 Å². The number of benzene rings is 8. The van der Waals surface area contributed by atoms with Gasteiger partial charge in [-0.15, -0.1) is 0 Å². The summed E-state index contributed by atoms with van der Waals surface area (Å²) in [5, 5.41) is 13.8. The van der Waals surface area contributed by atoms with Crippen molar-refractivity contribution in [1.82, 2.24) is 0 Å². The number of rotatable bonds is 2. The van der Waals surface area contributed by atoms with Gasteiger partial charge >= 0.3 is 0 Å². The Balaban J connectivity index is 1.42. The van der Waals surface area contributed by atoms with Gasteiger partial charge in [-0.1, -0.05) is 146 Å². The molecule has 0 saturated carbocycles. The van der Waals surface area contributed by atoms with Gasteiger partial charge < -0.3 is 0 Å². The van der Waals surface area contributed by atoms with Crippen LogP contribution in [0.4, 0.5) is 0 Å². The van der Waals surface area contributed by atoms with E-state index in [9.17, 15) is 0 Å². The average Bonchev–Trinajstić information content (AvgIpc) is 3.39. The third-order valence-corrected chi connectivity index (χ3v) is 10.0. The van der Waals surface area contributed by atoms with Crippen molar-refractivity contribution in [2.24, 2.45) is 0 Å². The maximum Gasteiger partial charge on any atom is 0.0218 e. The lowest BCUT2D eigenvalue weighted by molar-refractivity contribution is 0.791. The van der Waals surface area contributed by atoms with E-state index in [2.05, 4.69) is 146 Å². The smallest absolute Gasteiger partial charge is 0.0218 e. The van der Waals surface area contributed by atoms with Crippen LogP contribution < -0.4 is 10.4 Å². The van der Waals surface area contributed by atoms with Gasteiger partial charge in [-0.3, -0.25) is 0 Å². The minimum Gasteiger partial charge on any atom is -0.0622 e. The highest BCUT2D eigenvalue weighted by molar-refractivity contribution is 6.34. The zero-order valence-electron chi connectivity index (χ0n) is 23.0. The fourth-order valence-electron chi connectivity index (χ4n) is 8.50. The molecule has 0 radical (unpaired) electrons. The molecule has 0 heterocycles. The lowest BCUT2D eigenvalue weighted by Crippen LogP contribution is -2.38. The molecule has 0 fully saturated rings. The molecule has 8 aromatic carbocycles. The van der Waals surface area contributed by atoms with Crippen molar-refractivity contribution in [3.63, 3.8) is 0 Å². The molecule has 2 unspecified atom stereocenters. The monoisotopic (exact) mass is 530 g/mol. The predicted molar refractivity (Wildman–Crippen MR) is 177 cm³/mol. The van der Waals surface area contributed by atoms with Gasteiger partial charge in [0.2, 0.25) is 0 Å². The highest BCUT2D eigenvalue weighted by Gasteiger charge is 2.42. The zero-order valence-corrected chi connectivity index (χ0v) is 23.0. The summed E-state index contributed by atoms with van der Waals surface area (Å²) in [7, 11) is 0. The Morgan fingerprint density at radius 3 is 1.26 bits per heavy atom. The molecule has 0 saturated heterocycles. The molecule has 0 aliphatic heterocycles. The topological polar surface area (TPSA) is 0 Å². The summed E-state index contributed by atoms with van der Waals surface area (Å²) in [5.41, 5.74) is 8.46. The van der Waals surface area contributed by atoms with E-state index < -0.39 is 0 Å². The fraction of sp³-hybridized carbons (Fsp3) is 0.0476. The van der Waals surface area contributed by atoms with Crippen LogP contribution in [0.5, 0.6) is 0 Å². The molecule has 0 bridgehead atoms. The molecule has 0 amide bonds. The molecule has 194 valence electrons. The van der Waals surface area contributed by atoms with Crippen molar-refractivity contribution in [2.75, 3.05) is 0 Å². The molecule has 0 aromatic heterocycles. The van der Waals surface area contributed by atoms with Crippen molar-refractivity contribution in [1.29, 1.82) is 0 Å². The molecule has 42 heavy (non-hydrogen) atoms. The summed E-state index contributed by atoms with van der Waals surface area (Å²) in [4.78, 5) is 0. The molecule has 0 spiro atoms. The van der Waals surface area contributed by atoms with Gasteiger partial charge in [0.15, 0.2) is 0 Å². The summed E-state index contributed by atoms with van der Waals surface area (Å²) in [6.07, 6.45) is 0. The van der Waals surface area contributed by atoms with E-state index in [-0.39, 0.29) is 11.8 Å². The Hall–Kier alpha value is -5.20. The average molecular weight is 531 g/mol. The highest BCUT2D eigenvalue weighted by Crippen LogP contribution is 2.58. The summed E-state index contributed by atoms with van der Waals surface area (Å²) in [6, 6.07) is 54.6. The van der Waals surface area contributed by atoms with E-state index in [4.69, 9.17) is 0 Å². The van der Waals surface area contributed by atoms with Crippen LogP contribution in [0.15, 0.2) is 146 Å². The largest absolute Gasteiger partial charge is 0.0622 e. The van der Waals surface area contributed by atoms with Gasteiger partial charge in [0.25, 0.3) is 0 Å². The van der Waals surface area contributed by atoms with Crippen molar-refractivity contribution in [3.05, 3.63) is 178 Å². The molecule has 8 aromatic rings. The highest BCUT2D eigenvalue weighted by atomic mass is 14.4. The van der Waals surface area contributed by atoms with Gasteiger partial charge in [-0.25, -0.2) is 0 Å². The third-order valence-electron chi connectivity index (χ3n) is 10.0. The number of hydrogen-bond donors (Lipinski definition) is 0. The first-order valence-corrected chi connectivity index (χ1v) is 14.9. The standard InChI is InChI=1S/C42H26/c1-3-11-26(12-4-1)37-30-17-7-8-18-31(30)38(27-13-5-2-6-14-27)42-35-24-22-33-29-20-10-16-25-15-9-19-28(36(25)29)32-21-23-34(41(37)42)40(35)39(32)33/h1-24,41-42H. The minimum atomic E-state index is 0.241. The predicted octanol–water partition coefficient (Wildman–Crippen LogP) is 9.03. The van der Waals surface area contributed by atoms with Crippen LogP contribution in [0.3, 0.4) is 0 Å². The van der Waals surface area contributed by atoms with Crippen molar-refractivity contribution >= 4 is 54.2 Å². The summed E-state index contributed by atoms with van der Waals surface area (Å²) < 4.78 is 0. The van der Waals surface area contributed by atoms with Crippen LogP contribution in [-0.2, 0) is 0 Å². The molecule has 0 N–H and O–H groups in total. The molecule has 10 rings (SSSR count). The van der Waals surface area contributed by atoms with Crippen LogP contribution in [0.1, 0.15) is 34.1 Å². The molecule has 0 nitrogen and oxygen atoms in total. The number of fused-ring (bicyclic) bond motifs is 6. The minimum absolute atomic E-state index is 0.241. The maximum absolute atomic E-state index is 2.46. The lowest BCUT2D eigenvalue weighted by atomic mass is 9.70. The Morgan fingerprint density at radius 1 is 0.310 bits per heavy atom. The second kappa shape index (κ2) is 8.18. The van der Waals surface area contributed by atoms with Crippen LogP contribution in [0.25, 0.3) is 54.2 Å². The van der Waals surface area contributed by atoms with Gasteiger partial charge in [-0.2, -0.15) is 0 Å². The second-order valence-corrected chi connectivity index (χ2v) is 11.9. The third kappa shape index (κ3) is 2.77. The Bertz CT molecular complexity index is 2330. The van der Waals surface area contributed by atoms with Crippen LogP contribution in [0.2, 0.25) is 0 Å². The summed E-state index contributed by atoms with van der Waals surface area (Å²) >= 11 is 0. The molecule has 2 aliphatic carbocycles. The molecule has 2 atom stereocenters. The quantitative estimate of drug-likeness (QED) is 0.154. The van der Waals surface area contributed by atoms with E-state index >= 15 is 0 Å². The fourth-order valence-corrected chi connectivity index (χ4v) is 8.50. The van der Waals surface area contributed by atoms with Crippen molar-refractivity contribution in [3.8, 4) is 0 Å². The van der Waals surface area contributed by atoms with Crippen LogP contribution >= 0.6 is 0 Å². The van der Waals surface area contributed by atoms with E-state index in [1.54, 1.807) is 0 Å². The first-order chi connectivity index (χ1) is 20.9. The molecular weight excluding hydrogens is 504 g/mol. The lowest BCUT2D eigenvalue weighted by Gasteiger charge is -2.32. The van der Waals surface area contributed by atoms with E-state index in [0.717, 1.165) is 0 Å². The normalized spacial score (nSPS) is 17.4. The number of hydrogen-bond acceptors (Lipinski definition) is 0. The first-order valence-electron chi connectivity index (χ1n) is 14.9. The van der Waals surface area contributed by atoms with E-state index in [1.165, 1.54) is 86.9 Å². The Morgan fingerprint density at radius 2 is 0.762 bits per heavy atom. The van der Waals surface area contributed by atoms with Crippen molar-refractivity contribution < 1.29 is 0 Å². The van der Waals surface area contributed by atoms with E-state index in [0.29, 0.717) is 0 Å². The van der Waals surface area contributed by atoms with Gasteiger partial charge in [0.05, 0.1) is 0 Å². The summed E-state index contributed by atoms with van der Waals surface area (Å²) in [6.45, 7) is 0. The van der Waals surface area contributed by atoms with Gasteiger partial charge in [0, 0.05) is 11.8 Å². The van der Waals surface area contributed by atoms with Gasteiger partial charge in [-0.05, 0) is 86.9 Å². The SMILES string of the molecule is c1ccc(C2=c3ccccc3=C(c3ccccc3)C3c4ccc5c6cccc7cccc(c8ccc(c4c85)C23)c76)cc1. The van der Waals surface area contributed by atoms with E-state index in [1.807, 2.05) is 0 Å². The zero-order chi connectivity index (χ0) is 27.4. The van der Waals surface area contributed by atoms with Crippen LogP contribution in [0, 0.1) is 0 Å².